The molecule has 0 spiro atoms. The van der Waals surface area contributed by atoms with Crippen molar-refractivity contribution in [3.63, 3.8) is 0 Å². The molecule has 1 fully saturated rings. The van der Waals surface area contributed by atoms with E-state index in [2.05, 4.69) is 46.9 Å². The van der Waals surface area contributed by atoms with Crippen LogP contribution >= 0.6 is 0 Å². The Hall–Kier alpha value is -0.570. The lowest BCUT2D eigenvalue weighted by Gasteiger charge is -2.26. The number of carbonyl (C=O) groups excluding carboxylic acids is 1. The molecule has 0 radical (unpaired) electrons. The van der Waals surface area contributed by atoms with Gasteiger partial charge in [0.15, 0.2) is 0 Å². The minimum atomic E-state index is 0.00923. The minimum absolute atomic E-state index is 0.00923. The Morgan fingerprint density at radius 3 is 2.31 bits per heavy atom. The molecule has 1 heterocycles. The Balaban J connectivity index is 2.58. The first kappa shape index (κ1) is 13.5. The molecular weight excluding hydrogens is 200 g/mol. The van der Waals surface area contributed by atoms with Crippen molar-refractivity contribution in [3.05, 3.63) is 0 Å². The number of hydrogen-bond donors (Lipinski definition) is 1. The second-order valence-corrected chi connectivity index (χ2v) is 6.41. The summed E-state index contributed by atoms with van der Waals surface area (Å²) in [4.78, 5) is 14.1. The molecule has 0 bridgehead atoms. The fourth-order valence-electron chi connectivity index (χ4n) is 2.03. The van der Waals surface area contributed by atoms with Gasteiger partial charge in [0.05, 0.1) is 12.2 Å². The molecule has 1 aliphatic rings. The van der Waals surface area contributed by atoms with E-state index in [1.165, 1.54) is 0 Å². The van der Waals surface area contributed by atoms with E-state index in [1.54, 1.807) is 0 Å². The van der Waals surface area contributed by atoms with Gasteiger partial charge in [-0.15, -0.1) is 0 Å². The summed E-state index contributed by atoms with van der Waals surface area (Å²) in [5.74, 6) is 0.640. The smallest absolute Gasteiger partial charge is 0.241 e. The molecule has 3 nitrogen and oxygen atoms in total. The zero-order valence-electron chi connectivity index (χ0n) is 11.5. The molecule has 0 saturated carbocycles. The first-order valence-corrected chi connectivity index (χ1v) is 6.29. The summed E-state index contributed by atoms with van der Waals surface area (Å²) in [6.45, 7) is 13.8. The van der Waals surface area contributed by atoms with Crippen LogP contribution in [0.3, 0.4) is 0 Å². The predicted molar refractivity (Wildman–Crippen MR) is 67.0 cm³/mol. The molecule has 1 amide bonds. The van der Waals surface area contributed by atoms with Gasteiger partial charge in [-0.2, -0.15) is 0 Å². The van der Waals surface area contributed by atoms with Crippen LogP contribution in [-0.2, 0) is 4.79 Å². The fourth-order valence-corrected chi connectivity index (χ4v) is 2.03. The molecule has 2 unspecified atom stereocenters. The predicted octanol–water partition coefficient (Wildman–Crippen LogP) is 2.22. The van der Waals surface area contributed by atoms with Crippen LogP contribution in [0.2, 0.25) is 0 Å². The van der Waals surface area contributed by atoms with Crippen molar-refractivity contribution in [2.45, 2.75) is 60.2 Å². The fraction of sp³-hybridized carbons (Fsp3) is 0.923. The largest absolute Gasteiger partial charge is 0.326 e. The third kappa shape index (κ3) is 3.21. The topological polar surface area (TPSA) is 32.3 Å². The van der Waals surface area contributed by atoms with E-state index < -0.39 is 0 Å². The molecule has 94 valence electrons. The molecule has 0 aromatic carbocycles. The van der Waals surface area contributed by atoms with Gasteiger partial charge >= 0.3 is 0 Å². The van der Waals surface area contributed by atoms with Gasteiger partial charge in [0.25, 0.3) is 0 Å². The van der Waals surface area contributed by atoms with E-state index in [4.69, 9.17) is 0 Å². The van der Waals surface area contributed by atoms with Crippen LogP contribution in [0.15, 0.2) is 0 Å². The maximum atomic E-state index is 12.1. The number of rotatable bonds is 3. The van der Waals surface area contributed by atoms with Gasteiger partial charge in [-0.1, -0.05) is 34.6 Å². The highest BCUT2D eigenvalue weighted by Crippen LogP contribution is 2.22. The van der Waals surface area contributed by atoms with Gasteiger partial charge in [-0.05, 0) is 24.7 Å². The quantitative estimate of drug-likeness (QED) is 0.800. The molecule has 16 heavy (non-hydrogen) atoms. The van der Waals surface area contributed by atoms with Crippen molar-refractivity contribution in [3.8, 4) is 0 Å². The summed E-state index contributed by atoms with van der Waals surface area (Å²) in [6.07, 6.45) is 1.23. The van der Waals surface area contributed by atoms with Crippen molar-refractivity contribution >= 4 is 5.91 Å². The number of nitrogens with one attached hydrogen (secondary N) is 1. The maximum absolute atomic E-state index is 12.1. The Bertz CT molecular complexity index is 255. The van der Waals surface area contributed by atoms with E-state index in [-0.39, 0.29) is 23.5 Å². The third-order valence-electron chi connectivity index (χ3n) is 3.21. The van der Waals surface area contributed by atoms with E-state index in [9.17, 15) is 4.79 Å². The van der Waals surface area contributed by atoms with Crippen LogP contribution in [0, 0.1) is 11.3 Å². The van der Waals surface area contributed by atoms with Crippen LogP contribution in [-0.4, -0.2) is 29.6 Å². The number of carbonyl (C=O) groups is 1. The molecule has 0 aromatic heterocycles. The molecule has 1 aliphatic heterocycles. The third-order valence-corrected chi connectivity index (χ3v) is 3.21. The van der Waals surface area contributed by atoms with Crippen LogP contribution in [0.25, 0.3) is 0 Å². The van der Waals surface area contributed by atoms with Crippen molar-refractivity contribution in [1.82, 2.24) is 10.2 Å². The summed E-state index contributed by atoms with van der Waals surface area (Å²) < 4.78 is 0. The van der Waals surface area contributed by atoms with Crippen molar-refractivity contribution < 1.29 is 4.79 Å². The van der Waals surface area contributed by atoms with Crippen molar-refractivity contribution in [2.75, 3.05) is 6.54 Å². The van der Waals surface area contributed by atoms with Gasteiger partial charge < -0.3 is 4.90 Å². The lowest BCUT2D eigenvalue weighted by molar-refractivity contribution is -0.130. The standard InChI is InChI=1S/C13H26N2O/c1-9(2)11-12(16)15(10(3)14-11)8-7-13(4,5)6/h9-11,14H,7-8H2,1-6H3. The zero-order chi connectivity index (χ0) is 12.5. The summed E-state index contributed by atoms with van der Waals surface area (Å²) in [7, 11) is 0. The second kappa shape index (κ2) is 4.74. The average molecular weight is 226 g/mol. The lowest BCUT2D eigenvalue weighted by atomic mass is 9.92. The SMILES string of the molecule is CC(C)C1NC(C)N(CCC(C)(C)C)C1=O. The Morgan fingerprint density at radius 2 is 1.94 bits per heavy atom. The monoisotopic (exact) mass is 226 g/mol. The van der Waals surface area contributed by atoms with Crippen molar-refractivity contribution in [2.24, 2.45) is 11.3 Å². The normalized spacial score (nSPS) is 26.9. The van der Waals surface area contributed by atoms with E-state index in [0.29, 0.717) is 5.92 Å². The zero-order valence-corrected chi connectivity index (χ0v) is 11.5. The van der Waals surface area contributed by atoms with Crippen LogP contribution in [0.4, 0.5) is 0 Å². The molecular formula is C13H26N2O. The highest BCUT2D eigenvalue weighted by atomic mass is 16.2. The molecule has 1 saturated heterocycles. The maximum Gasteiger partial charge on any atom is 0.241 e. The van der Waals surface area contributed by atoms with Crippen LogP contribution in [0.5, 0.6) is 0 Å². The molecule has 2 atom stereocenters. The van der Waals surface area contributed by atoms with Crippen LogP contribution in [0.1, 0.15) is 48.0 Å². The van der Waals surface area contributed by atoms with Gasteiger partial charge in [0.2, 0.25) is 5.91 Å². The Kier molecular flexibility index (Phi) is 4.00. The van der Waals surface area contributed by atoms with Gasteiger partial charge in [-0.3, -0.25) is 10.1 Å². The first-order chi connectivity index (χ1) is 7.22. The second-order valence-electron chi connectivity index (χ2n) is 6.41. The first-order valence-electron chi connectivity index (χ1n) is 6.29. The van der Waals surface area contributed by atoms with Gasteiger partial charge in [0.1, 0.15) is 0 Å². The molecule has 1 rings (SSSR count). The molecule has 0 aliphatic carbocycles. The highest BCUT2D eigenvalue weighted by Gasteiger charge is 2.37. The highest BCUT2D eigenvalue weighted by molar-refractivity contribution is 5.84. The average Bonchev–Trinajstić information content (AvgIpc) is 2.38. The van der Waals surface area contributed by atoms with E-state index >= 15 is 0 Å². The summed E-state index contributed by atoms with van der Waals surface area (Å²) in [6, 6.07) is 0.00923. The van der Waals surface area contributed by atoms with E-state index in [0.717, 1.165) is 13.0 Å². The van der Waals surface area contributed by atoms with Crippen LogP contribution < -0.4 is 5.32 Å². The van der Waals surface area contributed by atoms with Crippen molar-refractivity contribution in [1.29, 1.82) is 0 Å². The minimum Gasteiger partial charge on any atom is -0.326 e. The molecule has 1 N–H and O–H groups in total. The van der Waals surface area contributed by atoms with E-state index in [1.807, 2.05) is 4.90 Å². The summed E-state index contributed by atoms with van der Waals surface area (Å²) >= 11 is 0. The Morgan fingerprint density at radius 1 is 1.38 bits per heavy atom. The summed E-state index contributed by atoms with van der Waals surface area (Å²) in [5, 5.41) is 3.37. The van der Waals surface area contributed by atoms with Gasteiger partial charge in [0, 0.05) is 6.54 Å². The van der Waals surface area contributed by atoms with Gasteiger partial charge in [-0.25, -0.2) is 0 Å². The lowest BCUT2D eigenvalue weighted by Crippen LogP contribution is -2.36. The Labute approximate surface area is 99.6 Å². The molecule has 3 heteroatoms. The number of nitrogens with zero attached hydrogens (tertiary/aromatic N) is 1. The number of amides is 1. The number of hydrogen-bond acceptors (Lipinski definition) is 2. The molecule has 0 aromatic rings. The summed E-state index contributed by atoms with van der Waals surface area (Å²) in [5.41, 5.74) is 0.288.